The van der Waals surface area contributed by atoms with Gasteiger partial charge in [0.15, 0.2) is 0 Å². The largest absolute Gasteiger partial charge is 0.355 e. The van der Waals surface area contributed by atoms with Crippen molar-refractivity contribution in [3.63, 3.8) is 0 Å². The normalized spacial score (nSPS) is 11.7. The Hall–Kier alpha value is -1.88. The van der Waals surface area contributed by atoms with Gasteiger partial charge >= 0.3 is 0 Å². The van der Waals surface area contributed by atoms with E-state index in [0.29, 0.717) is 17.7 Å². The Morgan fingerprint density at radius 1 is 1.41 bits per heavy atom. The summed E-state index contributed by atoms with van der Waals surface area (Å²) in [5, 5.41) is 5.19. The van der Waals surface area contributed by atoms with E-state index in [0.717, 1.165) is 0 Å². The second-order valence-corrected chi connectivity index (χ2v) is 3.66. The molecule has 2 amide bonds. The number of hydrogen-bond donors (Lipinski definition) is 3. The van der Waals surface area contributed by atoms with Gasteiger partial charge in [-0.05, 0) is 24.6 Å². The second-order valence-electron chi connectivity index (χ2n) is 3.66. The molecule has 92 valence electrons. The highest BCUT2D eigenvalue weighted by molar-refractivity contribution is 5.98. The topological polar surface area (TPSA) is 84.2 Å². The molecule has 0 aliphatic carbocycles. The highest BCUT2D eigenvalue weighted by Gasteiger charge is 2.11. The maximum absolute atomic E-state index is 11.6. The first-order valence-electron chi connectivity index (χ1n) is 5.47. The predicted octanol–water partition coefficient (Wildman–Crippen LogP) is 0.722. The Kier molecular flexibility index (Phi) is 4.66. The highest BCUT2D eigenvalue weighted by atomic mass is 16.2. The summed E-state index contributed by atoms with van der Waals surface area (Å²) in [6.07, 6.45) is 0.570. The molecule has 0 aliphatic rings. The fourth-order valence-electron chi connectivity index (χ4n) is 1.30. The van der Waals surface area contributed by atoms with E-state index in [1.165, 1.54) is 0 Å². The van der Waals surface area contributed by atoms with Crippen molar-refractivity contribution >= 4 is 17.5 Å². The van der Waals surface area contributed by atoms with Gasteiger partial charge in [0.2, 0.25) is 5.91 Å². The average molecular weight is 235 g/mol. The molecule has 4 N–H and O–H groups in total. The van der Waals surface area contributed by atoms with Gasteiger partial charge in [-0.15, -0.1) is 0 Å². The molecule has 0 spiro atoms. The van der Waals surface area contributed by atoms with E-state index in [1.807, 2.05) is 6.92 Å². The number of hydrogen-bond acceptors (Lipinski definition) is 3. The monoisotopic (exact) mass is 235 g/mol. The molecular weight excluding hydrogens is 218 g/mol. The van der Waals surface area contributed by atoms with Crippen molar-refractivity contribution in [2.75, 3.05) is 12.4 Å². The molecule has 0 bridgehead atoms. The van der Waals surface area contributed by atoms with Crippen molar-refractivity contribution < 1.29 is 9.59 Å². The molecule has 1 aromatic carbocycles. The zero-order valence-corrected chi connectivity index (χ0v) is 9.99. The third-order valence-electron chi connectivity index (χ3n) is 2.40. The van der Waals surface area contributed by atoms with Crippen LogP contribution < -0.4 is 16.4 Å². The summed E-state index contributed by atoms with van der Waals surface area (Å²) in [6, 6.07) is 6.18. The first-order valence-corrected chi connectivity index (χ1v) is 5.47. The van der Waals surface area contributed by atoms with Gasteiger partial charge in [0, 0.05) is 18.3 Å². The number of carbonyl (C=O) groups excluding carboxylic acids is 2. The lowest BCUT2D eigenvalue weighted by Gasteiger charge is -2.10. The van der Waals surface area contributed by atoms with Crippen LogP contribution in [0.2, 0.25) is 0 Å². The van der Waals surface area contributed by atoms with Crippen LogP contribution >= 0.6 is 0 Å². The molecule has 1 rings (SSSR count). The molecule has 17 heavy (non-hydrogen) atoms. The van der Waals surface area contributed by atoms with Crippen LogP contribution in [-0.4, -0.2) is 24.9 Å². The highest BCUT2D eigenvalue weighted by Crippen LogP contribution is 2.11. The van der Waals surface area contributed by atoms with Crippen LogP contribution in [0.15, 0.2) is 24.3 Å². The van der Waals surface area contributed by atoms with Gasteiger partial charge in [0.05, 0.1) is 6.04 Å². The summed E-state index contributed by atoms with van der Waals surface area (Å²) in [5.41, 5.74) is 6.66. The van der Waals surface area contributed by atoms with E-state index in [4.69, 9.17) is 5.73 Å². The van der Waals surface area contributed by atoms with Gasteiger partial charge in [0.1, 0.15) is 0 Å². The molecule has 5 heteroatoms. The zero-order chi connectivity index (χ0) is 12.8. The van der Waals surface area contributed by atoms with E-state index in [2.05, 4.69) is 10.6 Å². The molecule has 0 saturated carbocycles. The lowest BCUT2D eigenvalue weighted by molar-refractivity contribution is -0.117. The number of benzene rings is 1. The van der Waals surface area contributed by atoms with Crippen LogP contribution in [0.3, 0.4) is 0 Å². The maximum atomic E-state index is 11.6. The Labute approximate surface area is 100 Å². The Balaban J connectivity index is 2.79. The molecule has 5 nitrogen and oxygen atoms in total. The summed E-state index contributed by atoms with van der Waals surface area (Å²) >= 11 is 0. The summed E-state index contributed by atoms with van der Waals surface area (Å²) < 4.78 is 0. The van der Waals surface area contributed by atoms with Crippen molar-refractivity contribution in [1.29, 1.82) is 0 Å². The van der Waals surface area contributed by atoms with Crippen LogP contribution in [-0.2, 0) is 4.79 Å². The van der Waals surface area contributed by atoms with E-state index in [9.17, 15) is 9.59 Å². The summed E-state index contributed by atoms with van der Waals surface area (Å²) in [7, 11) is 1.56. The van der Waals surface area contributed by atoms with Gasteiger partial charge in [-0.1, -0.05) is 13.0 Å². The molecule has 0 unspecified atom stereocenters. The Bertz CT molecular complexity index is 418. The number of nitrogens with one attached hydrogen (secondary N) is 2. The number of amides is 2. The lowest BCUT2D eigenvalue weighted by atomic mass is 10.1. The van der Waals surface area contributed by atoms with Crippen LogP contribution in [0, 0.1) is 0 Å². The predicted molar refractivity (Wildman–Crippen MR) is 66.7 cm³/mol. The molecule has 0 aliphatic heterocycles. The third-order valence-corrected chi connectivity index (χ3v) is 2.40. The maximum Gasteiger partial charge on any atom is 0.251 e. The number of nitrogens with two attached hydrogens (primary N) is 1. The van der Waals surface area contributed by atoms with Gasteiger partial charge < -0.3 is 16.4 Å². The average Bonchev–Trinajstić information content (AvgIpc) is 2.37. The number of rotatable bonds is 4. The van der Waals surface area contributed by atoms with Crippen molar-refractivity contribution in [3.05, 3.63) is 29.8 Å². The minimum absolute atomic E-state index is 0.194. The lowest BCUT2D eigenvalue weighted by Crippen LogP contribution is -2.34. The first-order chi connectivity index (χ1) is 8.08. The van der Waals surface area contributed by atoms with Crippen LogP contribution in [0.1, 0.15) is 23.7 Å². The molecule has 0 saturated heterocycles. The van der Waals surface area contributed by atoms with Gasteiger partial charge in [0.25, 0.3) is 5.91 Å². The van der Waals surface area contributed by atoms with Crippen molar-refractivity contribution in [1.82, 2.24) is 5.32 Å². The molecule has 1 atom stereocenters. The van der Waals surface area contributed by atoms with E-state index in [1.54, 1.807) is 31.3 Å². The second kappa shape index (κ2) is 6.00. The summed E-state index contributed by atoms with van der Waals surface area (Å²) in [6.45, 7) is 1.84. The molecular formula is C12H17N3O2. The van der Waals surface area contributed by atoms with Crippen molar-refractivity contribution in [2.45, 2.75) is 19.4 Å². The van der Waals surface area contributed by atoms with Gasteiger partial charge in [-0.2, -0.15) is 0 Å². The van der Waals surface area contributed by atoms with E-state index < -0.39 is 6.04 Å². The SMILES string of the molecule is CC[C@H](N)C(=O)Nc1cccc(C(=O)NC)c1. The number of anilines is 1. The molecule has 0 radical (unpaired) electrons. The smallest absolute Gasteiger partial charge is 0.251 e. The standard InChI is InChI=1S/C12H17N3O2/c1-3-10(13)12(17)15-9-6-4-5-8(7-9)11(16)14-2/h4-7,10H,3,13H2,1-2H3,(H,14,16)(H,15,17)/t10-/m0/s1. The minimum atomic E-state index is -0.529. The number of carbonyl (C=O) groups is 2. The molecule has 0 fully saturated rings. The van der Waals surface area contributed by atoms with Crippen LogP contribution in [0.5, 0.6) is 0 Å². The van der Waals surface area contributed by atoms with E-state index in [-0.39, 0.29) is 11.8 Å². The minimum Gasteiger partial charge on any atom is -0.355 e. The van der Waals surface area contributed by atoms with Gasteiger partial charge in [-0.3, -0.25) is 9.59 Å². The quantitative estimate of drug-likeness (QED) is 0.719. The van der Waals surface area contributed by atoms with Crippen molar-refractivity contribution in [2.24, 2.45) is 5.73 Å². The Morgan fingerprint density at radius 2 is 2.12 bits per heavy atom. The zero-order valence-electron chi connectivity index (χ0n) is 9.99. The van der Waals surface area contributed by atoms with E-state index >= 15 is 0 Å². The van der Waals surface area contributed by atoms with Crippen LogP contribution in [0.25, 0.3) is 0 Å². The Morgan fingerprint density at radius 3 is 2.71 bits per heavy atom. The van der Waals surface area contributed by atoms with Gasteiger partial charge in [-0.25, -0.2) is 0 Å². The van der Waals surface area contributed by atoms with Crippen LogP contribution in [0.4, 0.5) is 5.69 Å². The fraction of sp³-hybridized carbons (Fsp3) is 0.333. The first kappa shape index (κ1) is 13.2. The third kappa shape index (κ3) is 3.57. The molecule has 1 aromatic rings. The summed E-state index contributed by atoms with van der Waals surface area (Å²) in [4.78, 5) is 23.0. The van der Waals surface area contributed by atoms with Crippen molar-refractivity contribution in [3.8, 4) is 0 Å². The molecule has 0 heterocycles. The molecule has 0 aromatic heterocycles. The fourth-order valence-corrected chi connectivity index (χ4v) is 1.30. The summed E-state index contributed by atoms with van der Waals surface area (Å²) in [5.74, 6) is -0.442.